The summed E-state index contributed by atoms with van der Waals surface area (Å²) in [5.41, 5.74) is 0. The molecule has 0 spiro atoms. The zero-order chi connectivity index (χ0) is 12.6. The summed E-state index contributed by atoms with van der Waals surface area (Å²) >= 11 is 0. The molecule has 2 rings (SSSR count). The Labute approximate surface area is 114 Å². The Balaban J connectivity index is 1.58. The van der Waals surface area contributed by atoms with E-state index in [1.165, 1.54) is 84.0 Å². The number of hydrogen-bond donors (Lipinski definition) is 1. The molecule has 1 aliphatic heterocycles. The Morgan fingerprint density at radius 2 is 1.78 bits per heavy atom. The van der Waals surface area contributed by atoms with Crippen LogP contribution in [0, 0.1) is 5.92 Å². The molecule has 2 nitrogen and oxygen atoms in total. The second-order valence-corrected chi connectivity index (χ2v) is 6.31. The summed E-state index contributed by atoms with van der Waals surface area (Å²) in [7, 11) is 0. The number of nitrogens with one attached hydrogen (secondary N) is 1. The summed E-state index contributed by atoms with van der Waals surface area (Å²) in [6.07, 6.45) is 13.0. The molecule has 106 valence electrons. The molecule has 1 N–H and O–H groups in total. The summed E-state index contributed by atoms with van der Waals surface area (Å²) in [6, 6.07) is 0.796. The zero-order valence-corrected chi connectivity index (χ0v) is 12.3. The van der Waals surface area contributed by atoms with Crippen LogP contribution in [-0.2, 0) is 0 Å². The van der Waals surface area contributed by atoms with Crippen molar-refractivity contribution >= 4 is 0 Å². The molecule has 0 amide bonds. The van der Waals surface area contributed by atoms with Crippen LogP contribution >= 0.6 is 0 Å². The molecule has 0 aromatic rings. The van der Waals surface area contributed by atoms with Crippen molar-refractivity contribution in [3.63, 3.8) is 0 Å². The lowest BCUT2D eigenvalue weighted by atomic mass is 9.87. The van der Waals surface area contributed by atoms with Crippen molar-refractivity contribution in [2.45, 2.75) is 70.8 Å². The zero-order valence-electron chi connectivity index (χ0n) is 12.3. The molecule has 0 radical (unpaired) electrons. The molecule has 1 unspecified atom stereocenters. The fourth-order valence-corrected chi connectivity index (χ4v) is 3.64. The first-order chi connectivity index (χ1) is 8.88. The van der Waals surface area contributed by atoms with E-state index in [1.807, 2.05) is 0 Å². The molecule has 1 saturated carbocycles. The molecule has 0 aromatic carbocycles. The first-order valence-electron chi connectivity index (χ1n) is 8.34. The Morgan fingerprint density at radius 1 is 0.944 bits per heavy atom. The predicted octanol–water partition coefficient (Wildman–Crippen LogP) is 3.42. The van der Waals surface area contributed by atoms with Crippen LogP contribution in [-0.4, -0.2) is 37.1 Å². The fourth-order valence-electron chi connectivity index (χ4n) is 3.64. The summed E-state index contributed by atoms with van der Waals surface area (Å²) < 4.78 is 0. The Kier molecular flexibility index (Phi) is 6.50. The largest absolute Gasteiger partial charge is 0.314 e. The molecule has 2 heteroatoms. The van der Waals surface area contributed by atoms with Gasteiger partial charge in [0, 0.05) is 6.04 Å². The Morgan fingerprint density at radius 3 is 2.56 bits per heavy atom. The van der Waals surface area contributed by atoms with Gasteiger partial charge >= 0.3 is 0 Å². The average molecular weight is 252 g/mol. The molecule has 0 bridgehead atoms. The minimum absolute atomic E-state index is 0.796. The first kappa shape index (κ1) is 14.3. The van der Waals surface area contributed by atoms with E-state index in [-0.39, 0.29) is 0 Å². The van der Waals surface area contributed by atoms with E-state index in [0.29, 0.717) is 0 Å². The van der Waals surface area contributed by atoms with Crippen molar-refractivity contribution in [1.29, 1.82) is 0 Å². The number of rotatable bonds is 5. The molecule has 1 aliphatic carbocycles. The first-order valence-corrected chi connectivity index (χ1v) is 8.34. The monoisotopic (exact) mass is 252 g/mol. The van der Waals surface area contributed by atoms with Crippen LogP contribution in [0.1, 0.15) is 64.7 Å². The van der Waals surface area contributed by atoms with Gasteiger partial charge in [-0.05, 0) is 57.8 Å². The van der Waals surface area contributed by atoms with Crippen LogP contribution in [0.2, 0.25) is 0 Å². The van der Waals surface area contributed by atoms with Crippen LogP contribution in [0.4, 0.5) is 0 Å². The lowest BCUT2D eigenvalue weighted by molar-refractivity contribution is 0.294. The third-order valence-corrected chi connectivity index (χ3v) is 4.98. The second kappa shape index (κ2) is 8.16. The van der Waals surface area contributed by atoms with Crippen molar-refractivity contribution in [3.8, 4) is 0 Å². The molecule has 1 heterocycles. The van der Waals surface area contributed by atoms with Gasteiger partial charge in [-0.2, -0.15) is 0 Å². The fraction of sp³-hybridized carbons (Fsp3) is 1.00. The highest BCUT2D eigenvalue weighted by molar-refractivity contribution is 4.75. The van der Waals surface area contributed by atoms with Crippen LogP contribution in [0.5, 0.6) is 0 Å². The highest BCUT2D eigenvalue weighted by Crippen LogP contribution is 2.25. The van der Waals surface area contributed by atoms with Gasteiger partial charge in [-0.15, -0.1) is 0 Å². The van der Waals surface area contributed by atoms with E-state index in [9.17, 15) is 0 Å². The van der Waals surface area contributed by atoms with Gasteiger partial charge in [-0.1, -0.05) is 39.0 Å². The van der Waals surface area contributed by atoms with E-state index in [1.54, 1.807) is 0 Å². The summed E-state index contributed by atoms with van der Waals surface area (Å²) in [5.74, 6) is 1.03. The Bertz CT molecular complexity index is 211. The third-order valence-electron chi connectivity index (χ3n) is 4.98. The van der Waals surface area contributed by atoms with E-state index < -0.39 is 0 Å². The molecule has 0 aromatic heterocycles. The molecular formula is C16H32N2. The highest BCUT2D eigenvalue weighted by atomic mass is 15.1. The van der Waals surface area contributed by atoms with Crippen molar-refractivity contribution < 1.29 is 0 Å². The highest BCUT2D eigenvalue weighted by Gasteiger charge is 2.17. The minimum Gasteiger partial charge on any atom is -0.314 e. The van der Waals surface area contributed by atoms with Gasteiger partial charge in [0.1, 0.15) is 0 Å². The third kappa shape index (κ3) is 4.89. The Hall–Kier alpha value is -0.0800. The molecule has 1 saturated heterocycles. The predicted molar refractivity (Wildman–Crippen MR) is 78.9 cm³/mol. The van der Waals surface area contributed by atoms with E-state index in [0.717, 1.165) is 12.0 Å². The average Bonchev–Trinajstić information content (AvgIpc) is 2.65. The van der Waals surface area contributed by atoms with E-state index >= 15 is 0 Å². The van der Waals surface area contributed by atoms with Crippen molar-refractivity contribution in [2.75, 3.05) is 26.2 Å². The van der Waals surface area contributed by atoms with Crippen molar-refractivity contribution in [2.24, 2.45) is 5.92 Å². The van der Waals surface area contributed by atoms with Gasteiger partial charge in [0.25, 0.3) is 0 Å². The number of nitrogens with zero attached hydrogens (tertiary/aromatic N) is 1. The number of hydrogen-bond acceptors (Lipinski definition) is 2. The smallest absolute Gasteiger partial charge is 0.00797 e. The summed E-state index contributed by atoms with van der Waals surface area (Å²) in [6.45, 7) is 7.40. The molecular weight excluding hydrogens is 220 g/mol. The topological polar surface area (TPSA) is 15.3 Å². The maximum Gasteiger partial charge on any atom is 0.00797 e. The maximum atomic E-state index is 3.83. The van der Waals surface area contributed by atoms with Gasteiger partial charge in [-0.3, -0.25) is 0 Å². The van der Waals surface area contributed by atoms with Crippen LogP contribution in [0.3, 0.4) is 0 Å². The van der Waals surface area contributed by atoms with Crippen molar-refractivity contribution in [3.05, 3.63) is 0 Å². The van der Waals surface area contributed by atoms with Gasteiger partial charge in [-0.25, -0.2) is 0 Å². The molecule has 1 atom stereocenters. The minimum atomic E-state index is 0.796. The normalized spacial score (nSPS) is 28.2. The maximum absolute atomic E-state index is 3.83. The second-order valence-electron chi connectivity index (χ2n) is 6.31. The van der Waals surface area contributed by atoms with Crippen molar-refractivity contribution in [1.82, 2.24) is 10.2 Å². The lowest BCUT2D eigenvalue weighted by Crippen LogP contribution is -2.32. The van der Waals surface area contributed by atoms with Gasteiger partial charge < -0.3 is 10.2 Å². The molecule has 18 heavy (non-hydrogen) atoms. The van der Waals surface area contributed by atoms with Gasteiger partial charge in [0.05, 0.1) is 0 Å². The van der Waals surface area contributed by atoms with Gasteiger partial charge in [0.2, 0.25) is 0 Å². The van der Waals surface area contributed by atoms with E-state index in [4.69, 9.17) is 0 Å². The number of likely N-dealkylation sites (tertiary alicyclic amines) is 1. The van der Waals surface area contributed by atoms with E-state index in [2.05, 4.69) is 17.1 Å². The van der Waals surface area contributed by atoms with Crippen LogP contribution < -0.4 is 5.32 Å². The lowest BCUT2D eigenvalue weighted by Gasteiger charge is -2.23. The van der Waals surface area contributed by atoms with Crippen LogP contribution in [0.15, 0.2) is 0 Å². The summed E-state index contributed by atoms with van der Waals surface area (Å²) in [5, 5.41) is 3.83. The quantitative estimate of drug-likeness (QED) is 0.806. The molecule has 2 fully saturated rings. The standard InChI is InChI=1S/C16H32N2/c1-2-18-13-6-9-16(11-14-18)17-12-10-15-7-4-3-5-8-15/h15-17H,2-14H2,1H3. The SMILES string of the molecule is CCN1CCCC(NCCC2CCCCC2)CC1. The van der Waals surface area contributed by atoms with Crippen LogP contribution in [0.25, 0.3) is 0 Å². The van der Waals surface area contributed by atoms with Gasteiger partial charge in [0.15, 0.2) is 0 Å². The summed E-state index contributed by atoms with van der Waals surface area (Å²) in [4.78, 5) is 2.60. The molecule has 2 aliphatic rings.